The van der Waals surface area contributed by atoms with E-state index in [0.29, 0.717) is 18.6 Å². The third-order valence-corrected chi connectivity index (χ3v) is 4.67. The maximum absolute atomic E-state index is 14.7. The van der Waals surface area contributed by atoms with Gasteiger partial charge in [0.2, 0.25) is 0 Å². The number of halogens is 1. The van der Waals surface area contributed by atoms with Crippen LogP contribution in [-0.2, 0) is 11.8 Å². The van der Waals surface area contributed by atoms with Crippen molar-refractivity contribution in [1.82, 2.24) is 25.3 Å². The first-order valence-electron chi connectivity index (χ1n) is 8.51. The maximum atomic E-state index is 14.7. The summed E-state index contributed by atoms with van der Waals surface area (Å²) in [5.41, 5.74) is 0.803. The summed E-state index contributed by atoms with van der Waals surface area (Å²) in [6, 6.07) is 7.47. The van der Waals surface area contributed by atoms with E-state index in [1.165, 1.54) is 0 Å². The number of carbonyl (C=O) groups is 1. The SMILES string of the molecule is Cn1cc(-c2ccc3nnc(NC(=O)C4(F)CCNCC4)cc3c2)cn1. The molecule has 1 aliphatic rings. The number of anilines is 1. The molecule has 2 aromatic heterocycles. The van der Waals surface area contributed by atoms with Crippen LogP contribution >= 0.6 is 0 Å². The van der Waals surface area contributed by atoms with Crippen LogP contribution in [0.3, 0.4) is 0 Å². The molecule has 1 amide bonds. The Labute approximate surface area is 149 Å². The van der Waals surface area contributed by atoms with E-state index in [0.717, 1.165) is 16.5 Å². The molecule has 0 unspecified atom stereocenters. The summed E-state index contributed by atoms with van der Waals surface area (Å²) >= 11 is 0. The number of aryl methyl sites for hydroxylation is 1. The van der Waals surface area contributed by atoms with Gasteiger partial charge >= 0.3 is 0 Å². The van der Waals surface area contributed by atoms with Crippen molar-refractivity contribution >= 4 is 22.6 Å². The highest BCUT2D eigenvalue weighted by molar-refractivity contribution is 5.98. The highest BCUT2D eigenvalue weighted by atomic mass is 19.1. The number of aromatic nitrogens is 4. The van der Waals surface area contributed by atoms with Crippen LogP contribution in [0.2, 0.25) is 0 Å². The van der Waals surface area contributed by atoms with Crippen molar-refractivity contribution in [2.45, 2.75) is 18.5 Å². The summed E-state index contributed by atoms with van der Waals surface area (Å²) in [5.74, 6) is -0.405. The molecule has 0 spiro atoms. The van der Waals surface area contributed by atoms with E-state index in [1.54, 1.807) is 16.9 Å². The van der Waals surface area contributed by atoms with E-state index in [9.17, 15) is 9.18 Å². The molecule has 0 radical (unpaired) electrons. The molecule has 2 N–H and O–H groups in total. The lowest BCUT2D eigenvalue weighted by Gasteiger charge is -2.28. The molecule has 0 bridgehead atoms. The molecule has 7 nitrogen and oxygen atoms in total. The van der Waals surface area contributed by atoms with Gasteiger partial charge in [0.15, 0.2) is 11.5 Å². The summed E-state index contributed by atoms with van der Waals surface area (Å²) in [5, 5.41) is 18.7. The second-order valence-corrected chi connectivity index (χ2v) is 6.58. The van der Waals surface area contributed by atoms with Crippen molar-refractivity contribution in [3.63, 3.8) is 0 Å². The summed E-state index contributed by atoms with van der Waals surface area (Å²) in [4.78, 5) is 12.3. The van der Waals surface area contributed by atoms with Gasteiger partial charge in [-0.2, -0.15) is 5.10 Å². The molecule has 26 heavy (non-hydrogen) atoms. The first-order chi connectivity index (χ1) is 12.5. The van der Waals surface area contributed by atoms with E-state index in [1.807, 2.05) is 31.4 Å². The predicted molar refractivity (Wildman–Crippen MR) is 96.3 cm³/mol. The molecular formula is C18H19FN6O. The lowest BCUT2D eigenvalue weighted by Crippen LogP contribution is -2.47. The maximum Gasteiger partial charge on any atom is 0.263 e. The summed E-state index contributed by atoms with van der Waals surface area (Å²) in [6.45, 7) is 0.976. The molecule has 0 atom stereocenters. The van der Waals surface area contributed by atoms with Gasteiger partial charge in [-0.25, -0.2) is 4.39 Å². The van der Waals surface area contributed by atoms with Crippen LogP contribution in [-0.4, -0.2) is 44.6 Å². The Morgan fingerprint density at radius 1 is 1.23 bits per heavy atom. The fourth-order valence-electron chi connectivity index (χ4n) is 3.13. The lowest BCUT2D eigenvalue weighted by molar-refractivity contribution is -0.129. The van der Waals surface area contributed by atoms with Crippen LogP contribution in [0.4, 0.5) is 10.2 Å². The summed E-state index contributed by atoms with van der Waals surface area (Å²) < 4.78 is 16.5. The third-order valence-electron chi connectivity index (χ3n) is 4.67. The van der Waals surface area contributed by atoms with E-state index in [-0.39, 0.29) is 18.7 Å². The Balaban J connectivity index is 1.61. The molecule has 8 heteroatoms. The Kier molecular flexibility index (Phi) is 4.12. The first kappa shape index (κ1) is 16.6. The minimum Gasteiger partial charge on any atom is -0.316 e. The molecular weight excluding hydrogens is 335 g/mol. The van der Waals surface area contributed by atoms with E-state index in [2.05, 4.69) is 25.9 Å². The number of fused-ring (bicyclic) bond motifs is 1. The highest BCUT2D eigenvalue weighted by Gasteiger charge is 2.39. The minimum atomic E-state index is -1.86. The average Bonchev–Trinajstić information content (AvgIpc) is 3.08. The lowest BCUT2D eigenvalue weighted by atomic mass is 9.93. The van der Waals surface area contributed by atoms with Gasteiger partial charge in [0, 0.05) is 37.0 Å². The number of hydrogen-bond acceptors (Lipinski definition) is 5. The number of rotatable bonds is 3. The molecule has 1 aliphatic heterocycles. The number of piperidine rings is 1. The van der Waals surface area contributed by atoms with Gasteiger partial charge in [-0.3, -0.25) is 9.48 Å². The zero-order chi connectivity index (χ0) is 18.1. The van der Waals surface area contributed by atoms with Crippen molar-refractivity contribution in [1.29, 1.82) is 0 Å². The highest BCUT2D eigenvalue weighted by Crippen LogP contribution is 2.27. The number of benzene rings is 1. The largest absolute Gasteiger partial charge is 0.316 e. The predicted octanol–water partition coefficient (Wildman–Crippen LogP) is 2.06. The van der Waals surface area contributed by atoms with Gasteiger partial charge < -0.3 is 10.6 Å². The fraction of sp³-hybridized carbons (Fsp3) is 0.333. The number of amides is 1. The Morgan fingerprint density at radius 3 is 2.77 bits per heavy atom. The van der Waals surface area contributed by atoms with Gasteiger partial charge in [-0.1, -0.05) is 6.07 Å². The minimum absolute atomic E-state index is 0.158. The van der Waals surface area contributed by atoms with Crippen LogP contribution < -0.4 is 10.6 Å². The summed E-state index contributed by atoms with van der Waals surface area (Å²) in [6.07, 6.45) is 4.01. The van der Waals surface area contributed by atoms with E-state index >= 15 is 0 Å². The van der Waals surface area contributed by atoms with Gasteiger partial charge in [-0.15, -0.1) is 10.2 Å². The van der Waals surface area contributed by atoms with Crippen molar-refractivity contribution < 1.29 is 9.18 Å². The normalized spacial score (nSPS) is 16.5. The number of nitrogens with zero attached hydrogens (tertiary/aromatic N) is 4. The van der Waals surface area contributed by atoms with Crippen LogP contribution in [0, 0.1) is 0 Å². The molecule has 1 saturated heterocycles. The summed E-state index contributed by atoms with van der Waals surface area (Å²) in [7, 11) is 1.86. The topological polar surface area (TPSA) is 84.7 Å². The number of hydrogen-bond donors (Lipinski definition) is 2. The van der Waals surface area contributed by atoms with Crippen molar-refractivity contribution in [3.8, 4) is 11.1 Å². The van der Waals surface area contributed by atoms with Crippen molar-refractivity contribution in [2.24, 2.45) is 7.05 Å². The molecule has 1 aromatic carbocycles. The zero-order valence-electron chi connectivity index (χ0n) is 14.4. The van der Waals surface area contributed by atoms with Gasteiger partial charge in [0.05, 0.1) is 11.7 Å². The van der Waals surface area contributed by atoms with Crippen LogP contribution in [0.1, 0.15) is 12.8 Å². The first-order valence-corrected chi connectivity index (χ1v) is 8.51. The molecule has 0 aliphatic carbocycles. The van der Waals surface area contributed by atoms with E-state index in [4.69, 9.17) is 0 Å². The number of nitrogens with one attached hydrogen (secondary N) is 2. The van der Waals surface area contributed by atoms with Crippen LogP contribution in [0.15, 0.2) is 36.7 Å². The molecule has 4 rings (SSSR count). The Morgan fingerprint density at radius 2 is 2.04 bits per heavy atom. The fourth-order valence-corrected chi connectivity index (χ4v) is 3.13. The molecule has 0 saturated carbocycles. The van der Waals surface area contributed by atoms with Crippen molar-refractivity contribution in [2.75, 3.05) is 18.4 Å². The Bertz CT molecular complexity index is 963. The number of alkyl halides is 1. The second kappa shape index (κ2) is 6.45. The average molecular weight is 354 g/mol. The van der Waals surface area contributed by atoms with Gasteiger partial charge in [-0.05, 0) is 36.9 Å². The Hall–Kier alpha value is -2.87. The monoisotopic (exact) mass is 354 g/mol. The van der Waals surface area contributed by atoms with Gasteiger partial charge in [0.25, 0.3) is 5.91 Å². The van der Waals surface area contributed by atoms with Crippen LogP contribution in [0.5, 0.6) is 0 Å². The quantitative estimate of drug-likeness (QED) is 0.752. The number of carbonyl (C=O) groups excluding carboxylic acids is 1. The molecule has 3 heterocycles. The smallest absolute Gasteiger partial charge is 0.263 e. The zero-order valence-corrected chi connectivity index (χ0v) is 14.4. The third kappa shape index (κ3) is 3.15. The molecule has 3 aromatic rings. The second-order valence-electron chi connectivity index (χ2n) is 6.58. The van der Waals surface area contributed by atoms with Crippen molar-refractivity contribution in [3.05, 3.63) is 36.7 Å². The molecule has 134 valence electrons. The van der Waals surface area contributed by atoms with E-state index < -0.39 is 11.6 Å². The van der Waals surface area contributed by atoms with Crippen LogP contribution in [0.25, 0.3) is 22.0 Å². The molecule has 1 fully saturated rings. The van der Waals surface area contributed by atoms with Gasteiger partial charge in [0.1, 0.15) is 0 Å². The standard InChI is InChI=1S/C18H19FN6O/c1-25-11-14(10-21-25)12-2-3-15-13(8-12)9-16(24-23-15)22-17(26)18(19)4-6-20-7-5-18/h2-3,8-11,20H,4-7H2,1H3,(H,22,24,26).